The van der Waals surface area contributed by atoms with Crippen LogP contribution >= 0.6 is 0 Å². The first kappa shape index (κ1) is 8.77. The van der Waals surface area contributed by atoms with Crippen LogP contribution in [0.2, 0.25) is 0 Å². The lowest BCUT2D eigenvalue weighted by molar-refractivity contribution is 0.442. The van der Waals surface area contributed by atoms with Gasteiger partial charge in [-0.1, -0.05) is 0 Å². The van der Waals surface area contributed by atoms with Gasteiger partial charge in [-0.2, -0.15) is 10.2 Å². The Morgan fingerprint density at radius 1 is 1.58 bits per heavy atom. The van der Waals surface area contributed by atoms with Gasteiger partial charge in [-0.15, -0.1) is 0 Å². The van der Waals surface area contributed by atoms with E-state index in [0.717, 1.165) is 5.69 Å². The van der Waals surface area contributed by atoms with Crippen molar-refractivity contribution >= 4 is 6.21 Å². The van der Waals surface area contributed by atoms with Crippen LogP contribution in [0.25, 0.3) is 0 Å². The van der Waals surface area contributed by atoms with Crippen LogP contribution in [0.4, 0.5) is 0 Å². The molecule has 0 aromatic carbocycles. The molecule has 0 unspecified atom stereocenters. The van der Waals surface area contributed by atoms with Gasteiger partial charge in [-0.25, -0.2) is 0 Å². The summed E-state index contributed by atoms with van der Waals surface area (Å²) in [6, 6.07) is 1.86. The maximum absolute atomic E-state index is 4.04. The van der Waals surface area contributed by atoms with Gasteiger partial charge in [0.15, 0.2) is 0 Å². The average molecular weight is 166 g/mol. The van der Waals surface area contributed by atoms with Crippen LogP contribution < -0.4 is 5.43 Å². The molecular weight excluding hydrogens is 152 g/mol. The Balaban J connectivity index is 2.42. The predicted molar refractivity (Wildman–Crippen MR) is 49.1 cm³/mol. The Hall–Kier alpha value is -1.32. The van der Waals surface area contributed by atoms with Crippen molar-refractivity contribution in [3.05, 3.63) is 18.0 Å². The van der Waals surface area contributed by atoms with E-state index in [4.69, 9.17) is 0 Å². The van der Waals surface area contributed by atoms with E-state index < -0.39 is 0 Å². The fourth-order valence-corrected chi connectivity index (χ4v) is 0.634. The average Bonchev–Trinajstić information content (AvgIpc) is 2.36. The second kappa shape index (κ2) is 3.38. The van der Waals surface area contributed by atoms with Gasteiger partial charge >= 0.3 is 0 Å². The molecule has 0 fully saturated rings. The van der Waals surface area contributed by atoms with Gasteiger partial charge in [-0.3, -0.25) is 5.10 Å². The van der Waals surface area contributed by atoms with Gasteiger partial charge in [0.25, 0.3) is 0 Å². The van der Waals surface area contributed by atoms with Crippen LogP contribution in [0.15, 0.2) is 17.4 Å². The van der Waals surface area contributed by atoms with E-state index in [9.17, 15) is 0 Å². The monoisotopic (exact) mass is 166 g/mol. The molecule has 0 aliphatic heterocycles. The van der Waals surface area contributed by atoms with Crippen molar-refractivity contribution < 1.29 is 0 Å². The molecule has 4 nitrogen and oxygen atoms in total. The number of nitrogens with one attached hydrogen (secondary N) is 2. The molecule has 0 aliphatic rings. The van der Waals surface area contributed by atoms with Crippen molar-refractivity contribution in [2.75, 3.05) is 0 Å². The van der Waals surface area contributed by atoms with E-state index in [1.54, 1.807) is 12.4 Å². The zero-order valence-corrected chi connectivity index (χ0v) is 7.63. The number of nitrogens with zero attached hydrogens (tertiary/aromatic N) is 2. The van der Waals surface area contributed by atoms with Gasteiger partial charge in [0.2, 0.25) is 0 Å². The van der Waals surface area contributed by atoms with Crippen LogP contribution in [0.3, 0.4) is 0 Å². The fraction of sp³-hybridized carbons (Fsp3) is 0.500. The number of aromatic nitrogens is 2. The van der Waals surface area contributed by atoms with Crippen molar-refractivity contribution in [1.82, 2.24) is 15.6 Å². The Labute approximate surface area is 72.1 Å². The molecule has 0 radical (unpaired) electrons. The molecule has 0 atom stereocenters. The molecule has 12 heavy (non-hydrogen) atoms. The number of rotatable bonds is 2. The summed E-state index contributed by atoms with van der Waals surface area (Å²) < 4.78 is 0. The molecule has 1 rings (SSSR count). The van der Waals surface area contributed by atoms with Crippen molar-refractivity contribution in [2.24, 2.45) is 5.10 Å². The maximum atomic E-state index is 4.04. The smallest absolute Gasteiger partial charge is 0.0778 e. The molecule has 0 amide bonds. The highest BCUT2D eigenvalue weighted by Gasteiger charge is 2.05. The molecule has 1 heterocycles. The van der Waals surface area contributed by atoms with Crippen LogP contribution in [0.5, 0.6) is 0 Å². The molecule has 0 saturated carbocycles. The van der Waals surface area contributed by atoms with Crippen LogP contribution in [0, 0.1) is 0 Å². The molecule has 2 N–H and O–H groups in total. The van der Waals surface area contributed by atoms with E-state index in [-0.39, 0.29) is 5.54 Å². The minimum absolute atomic E-state index is 0.0104. The summed E-state index contributed by atoms with van der Waals surface area (Å²) in [5.74, 6) is 0. The highest BCUT2D eigenvalue weighted by atomic mass is 15.3. The molecule has 0 saturated heterocycles. The zero-order chi connectivity index (χ0) is 9.03. The summed E-state index contributed by atoms with van der Waals surface area (Å²) in [7, 11) is 0. The first-order valence-electron chi connectivity index (χ1n) is 3.87. The molecule has 1 aromatic heterocycles. The molecule has 4 heteroatoms. The lowest BCUT2D eigenvalue weighted by atomic mass is 10.1. The van der Waals surface area contributed by atoms with Crippen molar-refractivity contribution in [3.63, 3.8) is 0 Å². The molecule has 0 bridgehead atoms. The SMILES string of the molecule is CC(C)(C)N/N=C/c1ccn[nH]1. The quantitative estimate of drug-likeness (QED) is 0.511. The number of hydrogen-bond acceptors (Lipinski definition) is 3. The summed E-state index contributed by atoms with van der Waals surface area (Å²) in [6.45, 7) is 6.16. The van der Waals surface area contributed by atoms with Crippen LogP contribution in [0.1, 0.15) is 26.5 Å². The Morgan fingerprint density at radius 2 is 2.33 bits per heavy atom. The highest BCUT2D eigenvalue weighted by molar-refractivity contribution is 5.76. The van der Waals surface area contributed by atoms with Crippen molar-refractivity contribution in [2.45, 2.75) is 26.3 Å². The predicted octanol–water partition coefficient (Wildman–Crippen LogP) is 1.13. The minimum Gasteiger partial charge on any atom is -0.305 e. The highest BCUT2D eigenvalue weighted by Crippen LogP contribution is 1.97. The number of H-pyrrole nitrogens is 1. The topological polar surface area (TPSA) is 53.1 Å². The standard InChI is InChI=1S/C8H14N4/c1-8(2,3)12-10-6-7-4-5-9-11-7/h4-6,12H,1-3H3,(H,9,11)/b10-6+. The van der Waals surface area contributed by atoms with Crippen molar-refractivity contribution in [3.8, 4) is 0 Å². The summed E-state index contributed by atoms with van der Waals surface area (Å²) >= 11 is 0. The Bertz CT molecular complexity index is 243. The van der Waals surface area contributed by atoms with Gasteiger partial charge in [0.1, 0.15) is 0 Å². The summed E-state index contributed by atoms with van der Waals surface area (Å²) in [5.41, 5.74) is 3.89. The molecular formula is C8H14N4. The molecule has 0 spiro atoms. The van der Waals surface area contributed by atoms with E-state index in [0.29, 0.717) is 0 Å². The van der Waals surface area contributed by atoms with E-state index in [1.165, 1.54) is 0 Å². The van der Waals surface area contributed by atoms with Gasteiger partial charge < -0.3 is 5.43 Å². The summed E-state index contributed by atoms with van der Waals surface area (Å²) in [5, 5.41) is 10.6. The second-order valence-corrected chi connectivity index (χ2v) is 3.63. The molecule has 0 aliphatic carbocycles. The Morgan fingerprint density at radius 3 is 2.83 bits per heavy atom. The maximum Gasteiger partial charge on any atom is 0.0778 e. The molecule has 1 aromatic rings. The van der Waals surface area contributed by atoms with Crippen LogP contribution in [-0.4, -0.2) is 22.0 Å². The zero-order valence-electron chi connectivity index (χ0n) is 7.63. The van der Waals surface area contributed by atoms with Crippen LogP contribution in [-0.2, 0) is 0 Å². The fourth-order valence-electron chi connectivity index (χ4n) is 0.634. The first-order valence-corrected chi connectivity index (χ1v) is 3.87. The number of aromatic amines is 1. The third kappa shape index (κ3) is 3.18. The summed E-state index contributed by atoms with van der Waals surface area (Å²) in [6.07, 6.45) is 3.40. The first-order chi connectivity index (χ1) is 5.58. The second-order valence-electron chi connectivity index (χ2n) is 3.63. The summed E-state index contributed by atoms with van der Waals surface area (Å²) in [4.78, 5) is 0. The van der Waals surface area contributed by atoms with E-state index >= 15 is 0 Å². The van der Waals surface area contributed by atoms with Gasteiger partial charge in [-0.05, 0) is 26.8 Å². The van der Waals surface area contributed by atoms with Gasteiger partial charge in [0.05, 0.1) is 11.9 Å². The number of hydrogen-bond donors (Lipinski definition) is 2. The van der Waals surface area contributed by atoms with Crippen molar-refractivity contribution in [1.29, 1.82) is 0 Å². The largest absolute Gasteiger partial charge is 0.305 e. The normalized spacial score (nSPS) is 12.2. The minimum atomic E-state index is 0.0104. The van der Waals surface area contributed by atoms with Gasteiger partial charge in [0, 0.05) is 11.7 Å². The number of hydrazone groups is 1. The lowest BCUT2D eigenvalue weighted by Gasteiger charge is -2.16. The Kier molecular flexibility index (Phi) is 2.47. The lowest BCUT2D eigenvalue weighted by Crippen LogP contribution is -2.31. The molecule has 66 valence electrons. The third-order valence-corrected chi connectivity index (χ3v) is 1.13. The van der Waals surface area contributed by atoms with E-state index in [1.807, 2.05) is 6.07 Å². The third-order valence-electron chi connectivity index (χ3n) is 1.13. The van der Waals surface area contributed by atoms with E-state index in [2.05, 4.69) is 41.5 Å².